The Bertz CT molecular complexity index is 931. The number of aryl methyl sites for hydroxylation is 1. The molecule has 0 aromatic heterocycles. The van der Waals surface area contributed by atoms with E-state index in [1.54, 1.807) is 12.1 Å². The van der Waals surface area contributed by atoms with E-state index in [4.69, 9.17) is 0 Å². The molecule has 0 radical (unpaired) electrons. The fourth-order valence-corrected chi connectivity index (χ4v) is 3.65. The number of carbonyl (C=O) groups excluding carboxylic acids is 1. The third kappa shape index (κ3) is 3.01. The SMILES string of the molecule is Cc1ccc(C2c3ccccc3CCN2C(=O)c2ccc(F)cc2)cc1. The second-order valence-corrected chi connectivity index (χ2v) is 6.77. The van der Waals surface area contributed by atoms with E-state index in [1.165, 1.54) is 23.3 Å². The van der Waals surface area contributed by atoms with Crippen LogP contribution in [0.3, 0.4) is 0 Å². The third-order valence-electron chi connectivity index (χ3n) is 5.03. The summed E-state index contributed by atoms with van der Waals surface area (Å²) in [6.45, 7) is 2.70. The van der Waals surface area contributed by atoms with Gasteiger partial charge in [0, 0.05) is 12.1 Å². The standard InChI is InChI=1S/C23H20FNO/c1-16-6-8-18(9-7-16)22-21-5-3-2-4-17(21)14-15-25(22)23(26)19-10-12-20(24)13-11-19/h2-13,22H,14-15H2,1H3. The number of hydrogen-bond acceptors (Lipinski definition) is 1. The molecule has 26 heavy (non-hydrogen) atoms. The summed E-state index contributed by atoms with van der Waals surface area (Å²) in [6.07, 6.45) is 0.825. The highest BCUT2D eigenvalue weighted by atomic mass is 19.1. The van der Waals surface area contributed by atoms with Crippen LogP contribution in [0.2, 0.25) is 0 Å². The average Bonchev–Trinajstić information content (AvgIpc) is 2.68. The average molecular weight is 345 g/mol. The monoisotopic (exact) mass is 345 g/mol. The van der Waals surface area contributed by atoms with Crippen molar-refractivity contribution in [3.05, 3.63) is 106 Å². The summed E-state index contributed by atoms with van der Waals surface area (Å²) in [6, 6.07) is 22.3. The third-order valence-corrected chi connectivity index (χ3v) is 5.03. The maximum atomic E-state index is 13.2. The summed E-state index contributed by atoms with van der Waals surface area (Å²) >= 11 is 0. The van der Waals surface area contributed by atoms with E-state index < -0.39 is 0 Å². The summed E-state index contributed by atoms with van der Waals surface area (Å²) in [5, 5.41) is 0. The minimum Gasteiger partial charge on any atom is -0.327 e. The van der Waals surface area contributed by atoms with E-state index in [-0.39, 0.29) is 17.8 Å². The summed E-state index contributed by atoms with van der Waals surface area (Å²) < 4.78 is 13.2. The predicted molar refractivity (Wildman–Crippen MR) is 101 cm³/mol. The van der Waals surface area contributed by atoms with Crippen molar-refractivity contribution >= 4 is 5.91 Å². The van der Waals surface area contributed by atoms with Crippen LogP contribution in [0.15, 0.2) is 72.8 Å². The van der Waals surface area contributed by atoms with Crippen LogP contribution in [-0.4, -0.2) is 17.4 Å². The molecule has 0 spiro atoms. The molecule has 3 aromatic rings. The number of rotatable bonds is 2. The molecular formula is C23H20FNO. The molecule has 1 aliphatic rings. The van der Waals surface area contributed by atoms with Gasteiger partial charge in [0.2, 0.25) is 0 Å². The Kier molecular flexibility index (Phi) is 4.29. The topological polar surface area (TPSA) is 20.3 Å². The van der Waals surface area contributed by atoms with Gasteiger partial charge in [-0.2, -0.15) is 0 Å². The van der Waals surface area contributed by atoms with Gasteiger partial charge < -0.3 is 4.90 Å². The van der Waals surface area contributed by atoms with Crippen LogP contribution in [0.25, 0.3) is 0 Å². The molecule has 0 aliphatic carbocycles. The summed E-state index contributed by atoms with van der Waals surface area (Å²) in [7, 11) is 0. The van der Waals surface area contributed by atoms with E-state index in [9.17, 15) is 9.18 Å². The fourth-order valence-electron chi connectivity index (χ4n) is 3.65. The van der Waals surface area contributed by atoms with Crippen LogP contribution in [0.1, 0.15) is 38.7 Å². The molecule has 0 saturated carbocycles. The molecule has 0 N–H and O–H groups in total. The Morgan fingerprint density at radius 2 is 1.65 bits per heavy atom. The van der Waals surface area contributed by atoms with Crippen molar-refractivity contribution in [3.63, 3.8) is 0 Å². The number of benzene rings is 3. The molecular weight excluding hydrogens is 325 g/mol. The lowest BCUT2D eigenvalue weighted by molar-refractivity contribution is 0.0694. The zero-order valence-electron chi connectivity index (χ0n) is 14.7. The smallest absolute Gasteiger partial charge is 0.254 e. The minimum absolute atomic E-state index is 0.0647. The van der Waals surface area contributed by atoms with Gasteiger partial charge in [-0.05, 0) is 54.3 Å². The Hall–Kier alpha value is -2.94. The number of nitrogens with zero attached hydrogens (tertiary/aromatic N) is 1. The van der Waals surface area contributed by atoms with E-state index in [0.717, 1.165) is 17.5 Å². The van der Waals surface area contributed by atoms with E-state index in [2.05, 4.69) is 43.3 Å². The van der Waals surface area contributed by atoms with Crippen LogP contribution >= 0.6 is 0 Å². The van der Waals surface area contributed by atoms with Crippen LogP contribution in [0.5, 0.6) is 0 Å². The van der Waals surface area contributed by atoms with E-state index in [0.29, 0.717) is 12.1 Å². The van der Waals surface area contributed by atoms with Gasteiger partial charge in [0.1, 0.15) is 5.82 Å². The van der Waals surface area contributed by atoms with Crippen molar-refractivity contribution in [1.82, 2.24) is 4.90 Å². The van der Waals surface area contributed by atoms with Crippen molar-refractivity contribution in [2.24, 2.45) is 0 Å². The van der Waals surface area contributed by atoms with Gasteiger partial charge in [-0.1, -0.05) is 54.1 Å². The van der Waals surface area contributed by atoms with Crippen molar-refractivity contribution in [1.29, 1.82) is 0 Å². The van der Waals surface area contributed by atoms with Crippen LogP contribution < -0.4 is 0 Å². The highest BCUT2D eigenvalue weighted by Gasteiger charge is 2.32. The second-order valence-electron chi connectivity index (χ2n) is 6.77. The molecule has 1 amide bonds. The fraction of sp³-hybridized carbons (Fsp3) is 0.174. The number of amides is 1. The highest BCUT2D eigenvalue weighted by Crippen LogP contribution is 2.36. The van der Waals surface area contributed by atoms with Crippen LogP contribution in [0.4, 0.5) is 4.39 Å². The van der Waals surface area contributed by atoms with Gasteiger partial charge >= 0.3 is 0 Å². The number of halogens is 1. The van der Waals surface area contributed by atoms with Gasteiger partial charge in [0.15, 0.2) is 0 Å². The Morgan fingerprint density at radius 3 is 2.38 bits per heavy atom. The number of fused-ring (bicyclic) bond motifs is 1. The normalized spacial score (nSPS) is 16.2. The summed E-state index contributed by atoms with van der Waals surface area (Å²) in [5.74, 6) is -0.397. The molecule has 3 aromatic carbocycles. The van der Waals surface area contributed by atoms with Crippen molar-refractivity contribution in [2.45, 2.75) is 19.4 Å². The molecule has 0 saturated heterocycles. The largest absolute Gasteiger partial charge is 0.327 e. The van der Waals surface area contributed by atoms with E-state index >= 15 is 0 Å². The molecule has 1 aliphatic heterocycles. The van der Waals surface area contributed by atoms with E-state index in [1.807, 2.05) is 17.0 Å². The van der Waals surface area contributed by atoms with Gasteiger partial charge in [0.25, 0.3) is 5.91 Å². The molecule has 0 fully saturated rings. The number of hydrogen-bond donors (Lipinski definition) is 0. The Morgan fingerprint density at radius 1 is 0.962 bits per heavy atom. The zero-order valence-corrected chi connectivity index (χ0v) is 14.7. The van der Waals surface area contributed by atoms with Crippen molar-refractivity contribution in [3.8, 4) is 0 Å². The predicted octanol–water partition coefficient (Wildman–Crippen LogP) is 4.92. The molecule has 1 unspecified atom stereocenters. The Balaban J connectivity index is 1.78. The van der Waals surface area contributed by atoms with Gasteiger partial charge in [0.05, 0.1) is 6.04 Å². The van der Waals surface area contributed by atoms with Crippen LogP contribution in [-0.2, 0) is 6.42 Å². The summed E-state index contributed by atoms with van der Waals surface area (Å²) in [5.41, 5.74) is 5.25. The lowest BCUT2D eigenvalue weighted by Crippen LogP contribution is -2.40. The van der Waals surface area contributed by atoms with Crippen molar-refractivity contribution < 1.29 is 9.18 Å². The van der Waals surface area contributed by atoms with Crippen molar-refractivity contribution in [2.75, 3.05) is 6.54 Å². The number of carbonyl (C=O) groups is 1. The molecule has 2 nitrogen and oxygen atoms in total. The molecule has 130 valence electrons. The summed E-state index contributed by atoms with van der Waals surface area (Å²) in [4.78, 5) is 15.1. The molecule has 0 bridgehead atoms. The first-order chi connectivity index (χ1) is 12.6. The lowest BCUT2D eigenvalue weighted by atomic mass is 9.87. The molecule has 3 heteroatoms. The molecule has 1 heterocycles. The first-order valence-electron chi connectivity index (χ1n) is 8.84. The van der Waals surface area contributed by atoms with Gasteiger partial charge in [-0.25, -0.2) is 4.39 Å². The first-order valence-corrected chi connectivity index (χ1v) is 8.84. The maximum absolute atomic E-state index is 13.2. The zero-order chi connectivity index (χ0) is 18.1. The second kappa shape index (κ2) is 6.75. The molecule has 4 rings (SSSR count). The molecule has 1 atom stereocenters. The van der Waals surface area contributed by atoms with Gasteiger partial charge in [-0.15, -0.1) is 0 Å². The van der Waals surface area contributed by atoms with Gasteiger partial charge in [-0.3, -0.25) is 4.79 Å². The highest BCUT2D eigenvalue weighted by molar-refractivity contribution is 5.95. The Labute approximate surface area is 152 Å². The first kappa shape index (κ1) is 16.5. The maximum Gasteiger partial charge on any atom is 0.254 e. The quantitative estimate of drug-likeness (QED) is 0.645. The minimum atomic E-state index is -0.333. The van der Waals surface area contributed by atoms with Crippen LogP contribution in [0, 0.1) is 12.7 Å². The lowest BCUT2D eigenvalue weighted by Gasteiger charge is -2.38.